The summed E-state index contributed by atoms with van der Waals surface area (Å²) in [5, 5.41) is 7.12. The number of carbonyl (C=O) groups is 1. The van der Waals surface area contributed by atoms with E-state index in [1.807, 2.05) is 37.3 Å². The second kappa shape index (κ2) is 9.45. The Kier molecular flexibility index (Phi) is 7.29. The standard InChI is InChI=1S/C20H25ClN2O/c1-3-17-8-4-6-15(2)20(17)23-19(24)11-13-22-12-10-16-7-5-9-18(21)14-16/h4-9,14,22H,3,10-13H2,1-2H3,(H,23,24). The molecule has 0 saturated heterocycles. The average molecular weight is 345 g/mol. The summed E-state index contributed by atoms with van der Waals surface area (Å²) in [6.45, 7) is 5.62. The molecule has 4 heteroatoms. The molecule has 0 bridgehead atoms. The van der Waals surface area contributed by atoms with Crippen molar-refractivity contribution in [1.82, 2.24) is 5.32 Å². The van der Waals surface area contributed by atoms with Crippen molar-refractivity contribution in [3.8, 4) is 0 Å². The molecule has 0 unspecified atom stereocenters. The summed E-state index contributed by atoms with van der Waals surface area (Å²) >= 11 is 5.97. The SMILES string of the molecule is CCc1cccc(C)c1NC(=O)CCNCCc1cccc(Cl)c1. The summed E-state index contributed by atoms with van der Waals surface area (Å²) < 4.78 is 0. The van der Waals surface area contributed by atoms with Gasteiger partial charge in [-0.3, -0.25) is 4.79 Å². The number of benzene rings is 2. The number of rotatable bonds is 8. The van der Waals surface area contributed by atoms with Crippen LogP contribution in [-0.4, -0.2) is 19.0 Å². The van der Waals surface area contributed by atoms with Crippen LogP contribution in [0.4, 0.5) is 5.69 Å². The molecule has 0 aliphatic heterocycles. The second-order valence-corrected chi connectivity index (χ2v) is 6.33. The van der Waals surface area contributed by atoms with Crippen LogP contribution in [0.3, 0.4) is 0 Å². The number of hydrogen-bond donors (Lipinski definition) is 2. The molecule has 2 rings (SSSR count). The summed E-state index contributed by atoms with van der Waals surface area (Å²) in [5.74, 6) is 0.0502. The molecule has 2 aromatic rings. The van der Waals surface area contributed by atoms with Gasteiger partial charge in [0.2, 0.25) is 5.91 Å². The predicted molar refractivity (Wildman–Crippen MR) is 102 cm³/mol. The Labute approximate surface area is 149 Å². The molecular weight excluding hydrogens is 320 g/mol. The van der Waals surface area contributed by atoms with E-state index in [9.17, 15) is 4.79 Å². The Morgan fingerprint density at radius 2 is 1.92 bits per heavy atom. The first kappa shape index (κ1) is 18.5. The van der Waals surface area contributed by atoms with Gasteiger partial charge in [0.05, 0.1) is 0 Å². The largest absolute Gasteiger partial charge is 0.326 e. The average Bonchev–Trinajstić information content (AvgIpc) is 2.56. The maximum absolute atomic E-state index is 12.1. The summed E-state index contributed by atoms with van der Waals surface area (Å²) in [6, 6.07) is 14.0. The highest BCUT2D eigenvalue weighted by molar-refractivity contribution is 6.30. The van der Waals surface area contributed by atoms with E-state index in [4.69, 9.17) is 11.6 Å². The molecule has 2 aromatic carbocycles. The van der Waals surface area contributed by atoms with Crippen molar-refractivity contribution in [3.05, 3.63) is 64.2 Å². The molecule has 0 atom stereocenters. The van der Waals surface area contributed by atoms with Crippen molar-refractivity contribution < 1.29 is 4.79 Å². The van der Waals surface area contributed by atoms with Crippen LogP contribution in [0.1, 0.15) is 30.0 Å². The van der Waals surface area contributed by atoms with Gasteiger partial charge in [0.15, 0.2) is 0 Å². The lowest BCUT2D eigenvalue weighted by molar-refractivity contribution is -0.116. The first-order chi connectivity index (χ1) is 11.6. The van der Waals surface area contributed by atoms with E-state index in [0.29, 0.717) is 13.0 Å². The summed E-state index contributed by atoms with van der Waals surface area (Å²) in [4.78, 5) is 12.1. The van der Waals surface area contributed by atoms with Crippen LogP contribution in [0.15, 0.2) is 42.5 Å². The third-order valence-electron chi connectivity index (χ3n) is 4.01. The van der Waals surface area contributed by atoms with Crippen molar-refractivity contribution in [3.63, 3.8) is 0 Å². The van der Waals surface area contributed by atoms with Gasteiger partial charge in [0.25, 0.3) is 0 Å². The third-order valence-corrected chi connectivity index (χ3v) is 4.25. The van der Waals surface area contributed by atoms with Crippen LogP contribution in [0, 0.1) is 6.92 Å². The summed E-state index contributed by atoms with van der Waals surface area (Å²) in [6.07, 6.45) is 2.28. The molecule has 0 aromatic heterocycles. The fourth-order valence-corrected chi connectivity index (χ4v) is 2.87. The highest BCUT2D eigenvalue weighted by Gasteiger charge is 2.08. The molecule has 0 radical (unpaired) electrons. The van der Waals surface area contributed by atoms with Crippen LogP contribution < -0.4 is 10.6 Å². The third kappa shape index (κ3) is 5.66. The normalized spacial score (nSPS) is 10.6. The number of carbonyl (C=O) groups excluding carboxylic acids is 1. The zero-order valence-electron chi connectivity index (χ0n) is 14.4. The minimum Gasteiger partial charge on any atom is -0.326 e. The van der Waals surface area contributed by atoms with Crippen LogP contribution in [0.5, 0.6) is 0 Å². The molecule has 128 valence electrons. The Balaban J connectivity index is 1.72. The van der Waals surface area contributed by atoms with Crippen LogP contribution in [0.2, 0.25) is 5.02 Å². The first-order valence-corrected chi connectivity index (χ1v) is 8.81. The molecule has 0 aliphatic carbocycles. The van der Waals surface area contributed by atoms with E-state index >= 15 is 0 Å². The zero-order valence-corrected chi connectivity index (χ0v) is 15.1. The Hall–Kier alpha value is -1.84. The van der Waals surface area contributed by atoms with E-state index < -0.39 is 0 Å². The Morgan fingerprint density at radius 1 is 1.12 bits per heavy atom. The molecular formula is C20H25ClN2O. The van der Waals surface area contributed by atoms with Gasteiger partial charge in [-0.2, -0.15) is 0 Å². The van der Waals surface area contributed by atoms with E-state index in [1.165, 1.54) is 11.1 Å². The molecule has 1 amide bonds. The van der Waals surface area contributed by atoms with Crippen molar-refractivity contribution in [2.45, 2.75) is 33.1 Å². The van der Waals surface area contributed by atoms with Gasteiger partial charge >= 0.3 is 0 Å². The van der Waals surface area contributed by atoms with Gasteiger partial charge in [-0.1, -0.05) is 48.9 Å². The predicted octanol–water partition coefficient (Wildman–Crippen LogP) is 4.37. The lowest BCUT2D eigenvalue weighted by Gasteiger charge is -2.13. The number of amides is 1. The van der Waals surface area contributed by atoms with E-state index in [2.05, 4.69) is 29.7 Å². The van der Waals surface area contributed by atoms with Crippen LogP contribution in [-0.2, 0) is 17.6 Å². The molecule has 2 N–H and O–H groups in total. The molecule has 0 saturated carbocycles. The monoisotopic (exact) mass is 344 g/mol. The number of anilines is 1. The minimum atomic E-state index is 0.0502. The smallest absolute Gasteiger partial charge is 0.225 e. The first-order valence-electron chi connectivity index (χ1n) is 8.43. The number of nitrogens with one attached hydrogen (secondary N) is 2. The van der Waals surface area contributed by atoms with Gasteiger partial charge in [-0.25, -0.2) is 0 Å². The molecule has 3 nitrogen and oxygen atoms in total. The van der Waals surface area contributed by atoms with Crippen LogP contribution >= 0.6 is 11.6 Å². The fraction of sp³-hybridized carbons (Fsp3) is 0.350. The highest BCUT2D eigenvalue weighted by atomic mass is 35.5. The van der Waals surface area contributed by atoms with Gasteiger partial charge in [0.1, 0.15) is 0 Å². The van der Waals surface area contributed by atoms with Crippen molar-refractivity contribution in [2.75, 3.05) is 18.4 Å². The lowest BCUT2D eigenvalue weighted by atomic mass is 10.1. The maximum atomic E-state index is 12.1. The van der Waals surface area contributed by atoms with Gasteiger partial charge in [-0.15, -0.1) is 0 Å². The molecule has 0 fully saturated rings. The van der Waals surface area contributed by atoms with E-state index in [1.54, 1.807) is 0 Å². The minimum absolute atomic E-state index is 0.0502. The quantitative estimate of drug-likeness (QED) is 0.698. The van der Waals surface area contributed by atoms with Gasteiger partial charge < -0.3 is 10.6 Å². The highest BCUT2D eigenvalue weighted by Crippen LogP contribution is 2.21. The van der Waals surface area contributed by atoms with E-state index in [0.717, 1.165) is 35.7 Å². The molecule has 0 spiro atoms. The topological polar surface area (TPSA) is 41.1 Å². The van der Waals surface area contributed by atoms with Crippen molar-refractivity contribution in [2.24, 2.45) is 0 Å². The zero-order chi connectivity index (χ0) is 17.4. The maximum Gasteiger partial charge on any atom is 0.225 e. The number of halogens is 1. The van der Waals surface area contributed by atoms with Crippen LogP contribution in [0.25, 0.3) is 0 Å². The van der Waals surface area contributed by atoms with Crippen molar-refractivity contribution in [1.29, 1.82) is 0 Å². The molecule has 24 heavy (non-hydrogen) atoms. The molecule has 0 heterocycles. The number of aryl methyl sites for hydroxylation is 2. The Bertz CT molecular complexity index is 685. The van der Waals surface area contributed by atoms with Gasteiger partial charge in [0, 0.05) is 23.7 Å². The lowest BCUT2D eigenvalue weighted by Crippen LogP contribution is -2.24. The fourth-order valence-electron chi connectivity index (χ4n) is 2.66. The Morgan fingerprint density at radius 3 is 2.67 bits per heavy atom. The van der Waals surface area contributed by atoms with E-state index in [-0.39, 0.29) is 5.91 Å². The van der Waals surface area contributed by atoms with Crippen molar-refractivity contribution >= 4 is 23.2 Å². The number of hydrogen-bond acceptors (Lipinski definition) is 2. The van der Waals surface area contributed by atoms with Gasteiger partial charge in [-0.05, 0) is 55.1 Å². The summed E-state index contributed by atoms with van der Waals surface area (Å²) in [7, 11) is 0. The molecule has 0 aliphatic rings. The number of para-hydroxylation sites is 1. The summed E-state index contributed by atoms with van der Waals surface area (Å²) in [5.41, 5.74) is 4.45. The second-order valence-electron chi connectivity index (χ2n) is 5.89.